The molecule has 0 unspecified atom stereocenters. The normalized spacial score (nSPS) is 17.5. The number of hydrogen-bond donors (Lipinski definition) is 5. The zero-order chi connectivity index (χ0) is 55.8. The van der Waals surface area contributed by atoms with Gasteiger partial charge in [0.15, 0.2) is 0 Å². The van der Waals surface area contributed by atoms with Crippen LogP contribution in [0.3, 0.4) is 0 Å². The van der Waals surface area contributed by atoms with Gasteiger partial charge in [-0.05, 0) is 107 Å². The molecule has 5 N–H and O–H groups in total. The van der Waals surface area contributed by atoms with Crippen LogP contribution in [0.15, 0.2) is 73.1 Å². The van der Waals surface area contributed by atoms with Gasteiger partial charge in [-0.2, -0.15) is 5.10 Å². The van der Waals surface area contributed by atoms with Gasteiger partial charge in [-0.25, -0.2) is 14.8 Å². The Morgan fingerprint density at radius 2 is 1.58 bits per heavy atom. The van der Waals surface area contributed by atoms with Crippen molar-refractivity contribution in [3.05, 3.63) is 111 Å². The second kappa shape index (κ2) is 25.7. The molecule has 9 rings (SSSR count). The highest BCUT2D eigenvalue weighted by molar-refractivity contribution is 6.45. The molecule has 1 saturated heterocycles. The highest BCUT2D eigenvalue weighted by Gasteiger charge is 2.46. The second-order valence-electron chi connectivity index (χ2n) is 21.3. The Morgan fingerprint density at radius 3 is 2.30 bits per heavy atom. The van der Waals surface area contributed by atoms with Gasteiger partial charge in [-0.15, -0.1) is 0 Å². The molecule has 2 fully saturated rings. The second-order valence-corrected chi connectivity index (χ2v) is 22.1. The number of anilines is 2. The SMILES string of the molecule is Cc1nc([C@H](C)NC(=O)c2ccc(-c3ccc(NC(=O)OC(C)(C)C)cc3)cc2)cc(N2[C@H](C(=O)NCCOCCOCCOCCn3cc(-c4cc(Cl)c(Cl)c5[nH]c6c(c45)CN(C(=O)CO)CC6)cn3)C[C@@H]3CCCC[C@@H]32)n1. The fourth-order valence-corrected chi connectivity index (χ4v) is 11.3. The van der Waals surface area contributed by atoms with E-state index in [9.17, 15) is 24.3 Å². The van der Waals surface area contributed by atoms with E-state index in [1.165, 1.54) is 0 Å². The molecular weight excluding hydrogens is 1050 g/mol. The smallest absolute Gasteiger partial charge is 0.412 e. The Balaban J connectivity index is 0.696. The summed E-state index contributed by atoms with van der Waals surface area (Å²) in [6, 6.07) is 17.8. The van der Waals surface area contributed by atoms with E-state index in [-0.39, 0.29) is 23.8 Å². The number of amides is 4. The zero-order valence-electron chi connectivity index (χ0n) is 45.4. The van der Waals surface area contributed by atoms with Crippen molar-refractivity contribution < 1.29 is 43.2 Å². The number of aromatic nitrogens is 5. The number of aryl methyl sites for hydroxylation is 1. The standard InChI is InChI=1S/C58H70Cl2N10O9/c1-35(63-55(73)39-12-10-37(11-13-39)38-14-16-42(17-15-38)66-57(75)79-58(3,4)5)47-30-50(65-36(2)64-47)70-48-9-7-6-8-40(48)28-49(70)56(74)61-19-22-76-24-26-78-27-25-77-23-21-69-32-41(31-62-69)43-29-45(59)53(60)54-52(43)44-33-68(51(72)34-71)20-18-46(44)67-54/h10-17,29-32,35,40,48-49,67,71H,6-9,18-28,33-34H2,1-5H3,(H,61,74)(H,63,73)(H,66,75)/t35-,40-,48-,49-/m0/s1. The van der Waals surface area contributed by atoms with Crippen LogP contribution in [-0.2, 0) is 48.0 Å². The summed E-state index contributed by atoms with van der Waals surface area (Å²) in [6.45, 7) is 12.6. The van der Waals surface area contributed by atoms with Crippen LogP contribution in [-0.4, -0.2) is 136 Å². The molecule has 21 heteroatoms. The van der Waals surface area contributed by atoms with E-state index in [1.807, 2.05) is 77.2 Å². The minimum atomic E-state index is -0.600. The third-order valence-corrected chi connectivity index (χ3v) is 15.4. The Labute approximate surface area is 470 Å². The molecule has 4 atom stereocenters. The summed E-state index contributed by atoms with van der Waals surface area (Å²) in [6.07, 6.45) is 8.77. The molecule has 6 aromatic rings. The molecule has 420 valence electrons. The van der Waals surface area contributed by atoms with Crippen molar-refractivity contribution in [2.45, 2.75) is 110 Å². The molecular formula is C58H70Cl2N10O9. The maximum Gasteiger partial charge on any atom is 0.412 e. The van der Waals surface area contributed by atoms with Gasteiger partial charge in [0.1, 0.15) is 29.9 Å². The summed E-state index contributed by atoms with van der Waals surface area (Å²) >= 11 is 13.2. The van der Waals surface area contributed by atoms with Crippen molar-refractivity contribution in [3.63, 3.8) is 0 Å². The third-order valence-electron chi connectivity index (χ3n) is 14.6. The van der Waals surface area contributed by atoms with Gasteiger partial charge >= 0.3 is 6.09 Å². The molecule has 1 aliphatic carbocycles. The number of carbonyl (C=O) groups is 4. The molecule has 3 aromatic heterocycles. The van der Waals surface area contributed by atoms with Crippen molar-refractivity contribution in [2.24, 2.45) is 5.92 Å². The van der Waals surface area contributed by atoms with Crippen molar-refractivity contribution in [1.82, 2.24) is 40.3 Å². The quantitative estimate of drug-likeness (QED) is 0.0425. The predicted octanol–water partition coefficient (Wildman–Crippen LogP) is 8.82. The first-order valence-corrected chi connectivity index (χ1v) is 27.9. The highest BCUT2D eigenvalue weighted by Crippen LogP contribution is 2.44. The first-order valence-electron chi connectivity index (χ1n) is 27.1. The van der Waals surface area contributed by atoms with E-state index < -0.39 is 30.4 Å². The predicted molar refractivity (Wildman–Crippen MR) is 302 cm³/mol. The fourth-order valence-electron chi connectivity index (χ4n) is 10.9. The van der Waals surface area contributed by atoms with Crippen LogP contribution >= 0.6 is 23.2 Å². The summed E-state index contributed by atoms with van der Waals surface area (Å²) in [5, 5.41) is 24.7. The van der Waals surface area contributed by atoms with Gasteiger partial charge in [0.2, 0.25) is 11.8 Å². The highest BCUT2D eigenvalue weighted by atomic mass is 35.5. The van der Waals surface area contributed by atoms with Crippen molar-refractivity contribution in [3.8, 4) is 22.3 Å². The summed E-state index contributed by atoms with van der Waals surface area (Å²) in [5.74, 6) is 0.989. The Kier molecular flexibility index (Phi) is 18.5. The Hall–Kier alpha value is -6.61. The number of H-pyrrole nitrogens is 1. The zero-order valence-corrected chi connectivity index (χ0v) is 46.9. The number of benzene rings is 3. The Bertz CT molecular complexity index is 3120. The van der Waals surface area contributed by atoms with Gasteiger partial charge in [0, 0.05) is 77.8 Å². The third kappa shape index (κ3) is 14.1. The minimum Gasteiger partial charge on any atom is -0.444 e. The van der Waals surface area contributed by atoms with Gasteiger partial charge in [-0.3, -0.25) is 24.4 Å². The molecule has 2 aliphatic heterocycles. The molecule has 3 aliphatic rings. The molecule has 0 radical (unpaired) electrons. The first-order chi connectivity index (χ1) is 38.0. The van der Waals surface area contributed by atoms with Crippen LogP contribution in [0.1, 0.15) is 99.0 Å². The van der Waals surface area contributed by atoms with Gasteiger partial charge < -0.3 is 49.5 Å². The van der Waals surface area contributed by atoms with E-state index >= 15 is 0 Å². The molecule has 4 amide bonds. The van der Waals surface area contributed by atoms with E-state index in [1.54, 1.807) is 40.0 Å². The van der Waals surface area contributed by atoms with E-state index in [0.717, 1.165) is 71.0 Å². The molecule has 1 saturated carbocycles. The summed E-state index contributed by atoms with van der Waals surface area (Å²) in [5.41, 5.74) is 7.37. The number of fused-ring (bicyclic) bond motifs is 4. The summed E-state index contributed by atoms with van der Waals surface area (Å²) < 4.78 is 24.5. The maximum absolute atomic E-state index is 13.9. The van der Waals surface area contributed by atoms with Crippen LogP contribution in [0.5, 0.6) is 0 Å². The lowest BCUT2D eigenvalue weighted by Crippen LogP contribution is -2.48. The maximum atomic E-state index is 13.9. The summed E-state index contributed by atoms with van der Waals surface area (Å²) in [4.78, 5) is 68.9. The van der Waals surface area contributed by atoms with Crippen molar-refractivity contribution in [1.29, 1.82) is 0 Å². The molecule has 5 heterocycles. The number of carbonyl (C=O) groups excluding carboxylic acids is 4. The molecule has 3 aromatic carbocycles. The number of halogens is 2. The van der Waals surface area contributed by atoms with E-state index in [2.05, 4.69) is 30.9 Å². The molecule has 79 heavy (non-hydrogen) atoms. The molecule has 19 nitrogen and oxygen atoms in total. The van der Waals surface area contributed by atoms with Crippen LogP contribution in [0.2, 0.25) is 10.0 Å². The van der Waals surface area contributed by atoms with Crippen molar-refractivity contribution >= 4 is 69.4 Å². The fraction of sp³-hybridized carbons (Fsp3) is 0.466. The molecule has 0 spiro atoms. The number of aromatic amines is 1. The monoisotopic (exact) mass is 1120 g/mol. The number of nitrogens with zero attached hydrogens (tertiary/aromatic N) is 6. The number of hydrogen-bond acceptors (Lipinski definition) is 13. The largest absolute Gasteiger partial charge is 0.444 e. The topological polar surface area (TPSA) is 227 Å². The Morgan fingerprint density at radius 1 is 0.886 bits per heavy atom. The number of nitrogens with one attached hydrogen (secondary N) is 4. The number of aliphatic hydroxyl groups excluding tert-OH is 1. The summed E-state index contributed by atoms with van der Waals surface area (Å²) in [7, 11) is 0. The van der Waals surface area contributed by atoms with Crippen molar-refractivity contribution in [2.75, 3.05) is 69.6 Å². The van der Waals surface area contributed by atoms with Crippen LogP contribution in [0.25, 0.3) is 33.2 Å². The van der Waals surface area contributed by atoms with E-state index in [0.29, 0.717) is 122 Å². The number of aliphatic hydroxyl groups is 1. The van der Waals surface area contributed by atoms with Gasteiger partial charge in [-0.1, -0.05) is 60.3 Å². The first kappa shape index (κ1) is 57.1. The van der Waals surface area contributed by atoms with Crippen LogP contribution in [0.4, 0.5) is 16.3 Å². The van der Waals surface area contributed by atoms with Gasteiger partial charge in [0.05, 0.1) is 79.7 Å². The number of ether oxygens (including phenoxy) is 4. The minimum absolute atomic E-state index is 0.0651. The lowest BCUT2D eigenvalue weighted by atomic mass is 9.84. The van der Waals surface area contributed by atoms with Gasteiger partial charge in [0.25, 0.3) is 5.91 Å². The van der Waals surface area contributed by atoms with Crippen LogP contribution in [0, 0.1) is 12.8 Å². The molecule has 0 bridgehead atoms. The lowest BCUT2D eigenvalue weighted by molar-refractivity contribution is -0.135. The van der Waals surface area contributed by atoms with E-state index in [4.69, 9.17) is 52.1 Å². The average molecular weight is 1120 g/mol. The average Bonchev–Trinajstić information content (AvgIpc) is 4.38. The van der Waals surface area contributed by atoms with Crippen LogP contribution < -0.4 is 20.9 Å². The number of rotatable bonds is 21. The lowest BCUT2D eigenvalue weighted by Gasteiger charge is -2.35.